The molecule has 0 unspecified atom stereocenters. The lowest BCUT2D eigenvalue weighted by atomic mass is 9.84. The molecule has 14 aromatic carbocycles. The number of hydrogen-bond donors (Lipinski definition) is 0. The van der Waals surface area contributed by atoms with E-state index in [1.807, 2.05) is 0 Å². The standard InChI is InChI=1S/C76H46/c1-7-21-47(22-8-1)63-41-53-43-69-59-35-19-33-57-55(37-39-61(73(57)59)75(69)71(51-29-15-5-16-30-51)67(53)45-65(63)49-25-11-3-12-26-49)56-38-40-62-74-58(56)34-20-36-60(74)70-44-54-42-64(48-23-9-2-10-24-48)66(50-27-13-4-14-28-50)46-68(54)72(76(62)70)52-31-17-6-18-32-52/h1-46H. The summed E-state index contributed by atoms with van der Waals surface area (Å²) in [7, 11) is 0. The molecule has 76 heavy (non-hydrogen) atoms. The van der Waals surface area contributed by atoms with Crippen molar-refractivity contribution in [2.45, 2.75) is 0 Å². The molecular formula is C76H46. The molecule has 2 aliphatic rings. The van der Waals surface area contributed by atoms with Crippen molar-refractivity contribution in [1.82, 2.24) is 0 Å². The van der Waals surface area contributed by atoms with E-state index in [9.17, 15) is 0 Å². The molecule has 0 saturated carbocycles. The Morgan fingerprint density at radius 3 is 0.776 bits per heavy atom. The van der Waals surface area contributed by atoms with E-state index in [4.69, 9.17) is 0 Å². The lowest BCUT2D eigenvalue weighted by Gasteiger charge is -2.19. The van der Waals surface area contributed by atoms with Gasteiger partial charge in [0.05, 0.1) is 0 Å². The average Bonchev–Trinajstić information content (AvgIpc) is 3.99. The monoisotopic (exact) mass is 958 g/mol. The fourth-order valence-electron chi connectivity index (χ4n) is 13.3. The van der Waals surface area contributed by atoms with Gasteiger partial charge in [-0.25, -0.2) is 0 Å². The summed E-state index contributed by atoms with van der Waals surface area (Å²) >= 11 is 0. The fourth-order valence-corrected chi connectivity index (χ4v) is 13.3. The number of fused-ring (bicyclic) bond motifs is 8. The quantitative estimate of drug-likeness (QED) is 0.149. The first-order chi connectivity index (χ1) is 37.7. The Bertz CT molecular complexity index is 4370. The van der Waals surface area contributed by atoms with Crippen LogP contribution in [-0.2, 0) is 0 Å². The Hall–Kier alpha value is -9.88. The highest BCUT2D eigenvalue weighted by Gasteiger charge is 2.31. The summed E-state index contributed by atoms with van der Waals surface area (Å²) in [6, 6.07) is 104. The molecule has 0 bridgehead atoms. The minimum absolute atomic E-state index is 1.21. The topological polar surface area (TPSA) is 0 Å². The van der Waals surface area contributed by atoms with Gasteiger partial charge in [-0.1, -0.05) is 243 Å². The number of hydrogen-bond acceptors (Lipinski definition) is 0. The molecule has 0 heterocycles. The maximum absolute atomic E-state index is 2.48. The van der Waals surface area contributed by atoms with Gasteiger partial charge in [0.15, 0.2) is 0 Å². The zero-order valence-corrected chi connectivity index (χ0v) is 41.6. The minimum Gasteiger partial charge on any atom is -0.0622 e. The van der Waals surface area contributed by atoms with Gasteiger partial charge in [0.1, 0.15) is 0 Å². The summed E-state index contributed by atoms with van der Waals surface area (Å²) in [5.41, 5.74) is 27.7. The molecule has 0 atom stereocenters. The van der Waals surface area contributed by atoms with Gasteiger partial charge in [-0.2, -0.15) is 0 Å². The van der Waals surface area contributed by atoms with Crippen molar-refractivity contribution in [3.63, 3.8) is 0 Å². The summed E-state index contributed by atoms with van der Waals surface area (Å²) in [4.78, 5) is 0. The summed E-state index contributed by atoms with van der Waals surface area (Å²) in [5.74, 6) is 0. The van der Waals surface area contributed by atoms with Gasteiger partial charge in [-0.15, -0.1) is 0 Å². The highest BCUT2D eigenvalue weighted by molar-refractivity contribution is 6.29. The van der Waals surface area contributed by atoms with E-state index < -0.39 is 0 Å². The third-order valence-corrected chi connectivity index (χ3v) is 16.5. The van der Waals surface area contributed by atoms with Crippen molar-refractivity contribution in [2.24, 2.45) is 0 Å². The van der Waals surface area contributed by atoms with Crippen molar-refractivity contribution in [2.75, 3.05) is 0 Å². The lowest BCUT2D eigenvalue weighted by molar-refractivity contribution is 1.59. The fraction of sp³-hybridized carbons (Fsp3) is 0. The molecule has 0 aromatic heterocycles. The van der Waals surface area contributed by atoms with Crippen molar-refractivity contribution in [3.05, 3.63) is 279 Å². The maximum Gasteiger partial charge on any atom is -0.00137 e. The molecule has 14 aromatic rings. The van der Waals surface area contributed by atoms with E-state index in [1.54, 1.807) is 0 Å². The van der Waals surface area contributed by atoms with E-state index in [2.05, 4.69) is 279 Å². The second kappa shape index (κ2) is 16.8. The Morgan fingerprint density at radius 1 is 0.145 bits per heavy atom. The highest BCUT2D eigenvalue weighted by Crippen LogP contribution is 2.59. The molecular weight excluding hydrogens is 913 g/mol. The van der Waals surface area contributed by atoms with Crippen LogP contribution in [0.25, 0.3) is 165 Å². The molecule has 0 aliphatic heterocycles. The van der Waals surface area contributed by atoms with Crippen molar-refractivity contribution < 1.29 is 0 Å². The van der Waals surface area contributed by atoms with Gasteiger partial charge in [0.2, 0.25) is 0 Å². The third-order valence-electron chi connectivity index (χ3n) is 16.5. The van der Waals surface area contributed by atoms with Crippen LogP contribution in [0.1, 0.15) is 0 Å². The molecule has 0 heteroatoms. The zero-order chi connectivity index (χ0) is 49.8. The van der Waals surface area contributed by atoms with Crippen molar-refractivity contribution >= 4 is 43.1 Å². The number of rotatable bonds is 7. The molecule has 0 nitrogen and oxygen atoms in total. The minimum atomic E-state index is 1.21. The predicted molar refractivity (Wildman–Crippen MR) is 323 cm³/mol. The smallest absolute Gasteiger partial charge is 0.00137 e. The zero-order valence-electron chi connectivity index (χ0n) is 41.6. The van der Waals surface area contributed by atoms with Gasteiger partial charge < -0.3 is 0 Å². The summed E-state index contributed by atoms with van der Waals surface area (Å²) in [6.45, 7) is 0. The molecule has 0 saturated heterocycles. The highest BCUT2D eigenvalue weighted by atomic mass is 14.3. The molecule has 0 fully saturated rings. The summed E-state index contributed by atoms with van der Waals surface area (Å²) in [6.07, 6.45) is 0. The van der Waals surface area contributed by atoms with Gasteiger partial charge in [-0.05, 0) is 202 Å². The molecule has 2 aliphatic carbocycles. The van der Waals surface area contributed by atoms with E-state index >= 15 is 0 Å². The summed E-state index contributed by atoms with van der Waals surface area (Å²) in [5, 5.41) is 10.2. The maximum atomic E-state index is 2.48. The van der Waals surface area contributed by atoms with Crippen LogP contribution in [0.3, 0.4) is 0 Å². The Labute approximate surface area is 442 Å². The predicted octanol–water partition coefficient (Wildman–Crippen LogP) is 21.3. The SMILES string of the molecule is c1ccc(-c2cc3cc4c(c(-c5ccccc5)c3cc2-c2ccccc2)-c2ccc(-c3ccc5c6c(cccc36)-c3cc6cc(-c7ccccc7)c(-c7ccccc7)cc6c(-c6ccccc6)c3-5)c3cccc-4c23)cc1. The first-order valence-corrected chi connectivity index (χ1v) is 26.5. The number of benzene rings is 14. The van der Waals surface area contributed by atoms with Crippen molar-refractivity contribution in [1.29, 1.82) is 0 Å². The molecule has 0 N–H and O–H groups in total. The second-order valence-corrected chi connectivity index (χ2v) is 20.6. The normalized spacial score (nSPS) is 11.9. The van der Waals surface area contributed by atoms with Crippen LogP contribution < -0.4 is 0 Å². The molecule has 0 spiro atoms. The van der Waals surface area contributed by atoms with Crippen molar-refractivity contribution in [3.8, 4) is 122 Å². The van der Waals surface area contributed by atoms with Crippen LogP contribution in [0.2, 0.25) is 0 Å². The van der Waals surface area contributed by atoms with Gasteiger partial charge in [0, 0.05) is 0 Å². The third kappa shape index (κ3) is 6.38. The van der Waals surface area contributed by atoms with E-state index in [0.29, 0.717) is 0 Å². The summed E-state index contributed by atoms with van der Waals surface area (Å²) < 4.78 is 0. The Kier molecular flexibility index (Phi) is 9.44. The van der Waals surface area contributed by atoms with E-state index in [1.165, 1.54) is 165 Å². The Balaban J connectivity index is 0.923. The van der Waals surface area contributed by atoms with Crippen LogP contribution in [0, 0.1) is 0 Å². The molecule has 350 valence electrons. The lowest BCUT2D eigenvalue weighted by Crippen LogP contribution is -1.92. The first kappa shape index (κ1) is 42.6. The van der Waals surface area contributed by atoms with Gasteiger partial charge >= 0.3 is 0 Å². The largest absolute Gasteiger partial charge is 0.0622 e. The van der Waals surface area contributed by atoms with Crippen LogP contribution in [0.15, 0.2) is 279 Å². The van der Waals surface area contributed by atoms with Gasteiger partial charge in [0.25, 0.3) is 0 Å². The average molecular weight is 959 g/mol. The Morgan fingerprint density at radius 2 is 0.434 bits per heavy atom. The van der Waals surface area contributed by atoms with Crippen LogP contribution >= 0.6 is 0 Å². The molecule has 16 rings (SSSR count). The van der Waals surface area contributed by atoms with Gasteiger partial charge in [-0.3, -0.25) is 0 Å². The first-order valence-electron chi connectivity index (χ1n) is 26.5. The molecule has 0 radical (unpaired) electrons. The van der Waals surface area contributed by atoms with Crippen LogP contribution in [-0.4, -0.2) is 0 Å². The van der Waals surface area contributed by atoms with Crippen LogP contribution in [0.5, 0.6) is 0 Å². The van der Waals surface area contributed by atoms with E-state index in [0.717, 1.165) is 0 Å². The van der Waals surface area contributed by atoms with E-state index in [-0.39, 0.29) is 0 Å². The van der Waals surface area contributed by atoms with Crippen LogP contribution in [0.4, 0.5) is 0 Å². The second-order valence-electron chi connectivity index (χ2n) is 20.6. The molecule has 0 amide bonds.